The predicted octanol–water partition coefficient (Wildman–Crippen LogP) is 0.117. The summed E-state index contributed by atoms with van der Waals surface area (Å²) in [5.74, 6) is -0.789. The van der Waals surface area contributed by atoms with Gasteiger partial charge in [0.25, 0.3) is 0 Å². The Morgan fingerprint density at radius 3 is 2.71 bits per heavy atom. The van der Waals surface area contributed by atoms with Gasteiger partial charge in [0.15, 0.2) is 10.6 Å². The third kappa shape index (κ3) is 2.69. The predicted molar refractivity (Wildman–Crippen MR) is 49.4 cm³/mol. The van der Waals surface area contributed by atoms with Gasteiger partial charge in [-0.05, 0) is 11.4 Å². The number of carbonyl (C=O) groups excluding carboxylic acids is 1. The van der Waals surface area contributed by atoms with Crippen molar-refractivity contribution in [1.29, 1.82) is 0 Å². The van der Waals surface area contributed by atoms with Crippen molar-refractivity contribution in [2.75, 3.05) is 7.11 Å². The number of rotatable bonds is 3. The lowest BCUT2D eigenvalue weighted by atomic mass is 10.4. The van der Waals surface area contributed by atoms with Gasteiger partial charge in [-0.15, -0.1) is 11.3 Å². The molecule has 0 bridgehead atoms. The Morgan fingerprint density at radius 1 is 1.57 bits per heavy atom. The van der Waals surface area contributed by atoms with E-state index >= 15 is 0 Å². The second kappa shape index (κ2) is 3.95. The van der Waals surface area contributed by atoms with Gasteiger partial charge < -0.3 is 8.92 Å². The third-order valence-corrected chi connectivity index (χ3v) is 2.49. The highest BCUT2D eigenvalue weighted by molar-refractivity contribution is 7.84. The molecule has 1 rings (SSSR count). The summed E-state index contributed by atoms with van der Waals surface area (Å²) in [4.78, 5) is 11.1. The van der Waals surface area contributed by atoms with Crippen molar-refractivity contribution >= 4 is 27.6 Å². The SMILES string of the molecule is COC(=O)c1sccc1OS(N)(=O)=O. The van der Waals surface area contributed by atoms with Crippen LogP contribution >= 0.6 is 11.3 Å². The summed E-state index contributed by atoms with van der Waals surface area (Å²) >= 11 is 1.00. The Kier molecular flexibility index (Phi) is 3.09. The molecule has 0 saturated carbocycles. The largest absolute Gasteiger partial charge is 0.465 e. The summed E-state index contributed by atoms with van der Waals surface area (Å²) in [5.41, 5.74) is 0. The molecule has 0 radical (unpaired) electrons. The minimum absolute atomic E-state index is 0.0570. The first-order chi connectivity index (χ1) is 6.44. The first kappa shape index (κ1) is 11.0. The molecule has 0 unspecified atom stereocenters. The van der Waals surface area contributed by atoms with Gasteiger partial charge >= 0.3 is 16.3 Å². The number of hydrogen-bond donors (Lipinski definition) is 1. The molecule has 1 aromatic rings. The minimum atomic E-state index is -4.11. The molecular weight excluding hydrogens is 230 g/mol. The highest BCUT2D eigenvalue weighted by Gasteiger charge is 2.18. The first-order valence-electron chi connectivity index (χ1n) is 3.32. The normalized spacial score (nSPS) is 11.0. The zero-order valence-corrected chi connectivity index (χ0v) is 8.72. The zero-order valence-electron chi connectivity index (χ0n) is 7.09. The highest BCUT2D eigenvalue weighted by Crippen LogP contribution is 2.26. The van der Waals surface area contributed by atoms with E-state index in [0.29, 0.717) is 0 Å². The molecule has 2 N–H and O–H groups in total. The molecule has 0 aliphatic heterocycles. The monoisotopic (exact) mass is 237 g/mol. The zero-order chi connectivity index (χ0) is 10.8. The van der Waals surface area contributed by atoms with Crippen LogP contribution in [-0.4, -0.2) is 21.5 Å². The summed E-state index contributed by atoms with van der Waals surface area (Å²) in [6.45, 7) is 0. The molecule has 0 aliphatic rings. The maximum absolute atomic E-state index is 11.1. The van der Waals surface area contributed by atoms with E-state index in [0.717, 1.165) is 11.3 Å². The average molecular weight is 237 g/mol. The number of hydrogen-bond acceptors (Lipinski definition) is 6. The lowest BCUT2D eigenvalue weighted by Crippen LogP contribution is -2.19. The Labute approximate surface area is 84.5 Å². The second-order valence-electron chi connectivity index (χ2n) is 2.18. The van der Waals surface area contributed by atoms with Gasteiger partial charge in [-0.2, -0.15) is 13.6 Å². The van der Waals surface area contributed by atoms with Crippen LogP contribution in [0.3, 0.4) is 0 Å². The van der Waals surface area contributed by atoms with Crippen LogP contribution in [0.25, 0.3) is 0 Å². The van der Waals surface area contributed by atoms with Gasteiger partial charge in [0.2, 0.25) is 0 Å². The molecule has 6 nitrogen and oxygen atoms in total. The van der Waals surface area contributed by atoms with Crippen LogP contribution in [0.1, 0.15) is 9.67 Å². The van der Waals surface area contributed by atoms with E-state index in [1.165, 1.54) is 18.6 Å². The third-order valence-electron chi connectivity index (χ3n) is 1.21. The smallest absolute Gasteiger partial charge is 0.380 e. The van der Waals surface area contributed by atoms with E-state index < -0.39 is 16.3 Å². The van der Waals surface area contributed by atoms with Crippen LogP contribution in [0.15, 0.2) is 11.4 Å². The van der Waals surface area contributed by atoms with Gasteiger partial charge in [0.05, 0.1) is 7.11 Å². The van der Waals surface area contributed by atoms with Crippen LogP contribution < -0.4 is 9.32 Å². The van der Waals surface area contributed by atoms with Gasteiger partial charge in [0.1, 0.15) is 0 Å². The van der Waals surface area contributed by atoms with Crippen LogP contribution in [0.2, 0.25) is 0 Å². The van der Waals surface area contributed by atoms with E-state index in [4.69, 9.17) is 0 Å². The molecule has 0 aromatic carbocycles. The summed E-state index contributed by atoms with van der Waals surface area (Å²) in [6.07, 6.45) is 0. The molecule has 1 heterocycles. The molecule has 1 aromatic heterocycles. The molecule has 0 atom stereocenters. The number of nitrogens with two attached hydrogens (primary N) is 1. The van der Waals surface area contributed by atoms with E-state index in [-0.39, 0.29) is 10.6 Å². The maximum atomic E-state index is 11.1. The van der Waals surface area contributed by atoms with Crippen molar-refractivity contribution in [3.8, 4) is 5.75 Å². The Hall–Kier alpha value is -1.12. The molecule has 14 heavy (non-hydrogen) atoms. The molecule has 0 spiro atoms. The fraction of sp³-hybridized carbons (Fsp3) is 0.167. The molecule has 0 saturated heterocycles. The van der Waals surface area contributed by atoms with E-state index in [1.54, 1.807) is 0 Å². The van der Waals surface area contributed by atoms with Crippen molar-refractivity contribution in [1.82, 2.24) is 0 Å². The van der Waals surface area contributed by atoms with Crippen LogP contribution in [0.5, 0.6) is 5.75 Å². The van der Waals surface area contributed by atoms with Crippen molar-refractivity contribution in [3.05, 3.63) is 16.3 Å². The Balaban J connectivity index is 3.00. The number of thiophene rings is 1. The maximum Gasteiger partial charge on any atom is 0.380 e. The minimum Gasteiger partial charge on any atom is -0.465 e. The standard InChI is InChI=1S/C6H7NO5S2/c1-11-6(8)5-4(2-3-13-5)12-14(7,9)10/h2-3H,1H3,(H2,7,9,10). The number of methoxy groups -OCH3 is 1. The van der Waals surface area contributed by atoms with Crippen LogP contribution in [-0.2, 0) is 15.0 Å². The fourth-order valence-corrected chi connectivity index (χ4v) is 1.90. The Morgan fingerprint density at radius 2 is 2.21 bits per heavy atom. The Bertz CT molecular complexity index is 435. The highest BCUT2D eigenvalue weighted by atomic mass is 32.2. The number of carbonyl (C=O) groups is 1. The molecule has 8 heteroatoms. The molecule has 78 valence electrons. The summed E-state index contributed by atoms with van der Waals surface area (Å²) in [7, 11) is -2.93. The van der Waals surface area contributed by atoms with Crippen LogP contribution in [0.4, 0.5) is 0 Å². The lowest BCUT2D eigenvalue weighted by Gasteiger charge is -2.01. The molecule has 0 aliphatic carbocycles. The van der Waals surface area contributed by atoms with E-state index in [2.05, 4.69) is 14.1 Å². The summed E-state index contributed by atoms with van der Waals surface area (Å²) in [5, 5.41) is 6.13. The fourth-order valence-electron chi connectivity index (χ4n) is 0.730. The average Bonchev–Trinajstić information content (AvgIpc) is 2.48. The lowest BCUT2D eigenvalue weighted by molar-refractivity contribution is 0.0604. The van der Waals surface area contributed by atoms with Gasteiger partial charge in [-0.3, -0.25) is 0 Å². The number of ether oxygens (including phenoxy) is 1. The van der Waals surface area contributed by atoms with Gasteiger partial charge in [-0.1, -0.05) is 0 Å². The van der Waals surface area contributed by atoms with Crippen molar-refractivity contribution in [2.24, 2.45) is 5.14 Å². The molecule has 0 fully saturated rings. The summed E-state index contributed by atoms with van der Waals surface area (Å²) in [6, 6.07) is 1.32. The second-order valence-corrected chi connectivity index (χ2v) is 4.25. The van der Waals surface area contributed by atoms with Crippen molar-refractivity contribution in [2.45, 2.75) is 0 Å². The van der Waals surface area contributed by atoms with E-state index in [9.17, 15) is 13.2 Å². The summed E-state index contributed by atoms with van der Waals surface area (Å²) < 4.78 is 29.9. The quantitative estimate of drug-likeness (QED) is 0.753. The molecule has 0 amide bonds. The van der Waals surface area contributed by atoms with Crippen molar-refractivity contribution < 1.29 is 22.1 Å². The molecular formula is C6H7NO5S2. The van der Waals surface area contributed by atoms with E-state index in [1.807, 2.05) is 0 Å². The van der Waals surface area contributed by atoms with Gasteiger partial charge in [0, 0.05) is 0 Å². The number of esters is 1. The van der Waals surface area contributed by atoms with Crippen LogP contribution in [0, 0.1) is 0 Å². The first-order valence-corrected chi connectivity index (χ1v) is 5.67. The van der Waals surface area contributed by atoms with Crippen molar-refractivity contribution in [3.63, 3.8) is 0 Å². The topological polar surface area (TPSA) is 95.7 Å². The van der Waals surface area contributed by atoms with Gasteiger partial charge in [-0.25, -0.2) is 4.79 Å².